The van der Waals surface area contributed by atoms with Crippen LogP contribution in [-0.4, -0.2) is 43.0 Å². The lowest BCUT2D eigenvalue weighted by Crippen LogP contribution is -2.42. The maximum Gasteiger partial charge on any atom is 0.238 e. The molecule has 1 aliphatic heterocycles. The Morgan fingerprint density at radius 2 is 2.33 bits per heavy atom. The number of anilines is 1. The van der Waals surface area contributed by atoms with Crippen molar-refractivity contribution in [1.29, 1.82) is 0 Å². The first-order valence-corrected chi connectivity index (χ1v) is 7.99. The Morgan fingerprint density at radius 1 is 1.52 bits per heavy atom. The van der Waals surface area contributed by atoms with Crippen molar-refractivity contribution in [2.24, 2.45) is 0 Å². The van der Waals surface area contributed by atoms with E-state index in [0.717, 1.165) is 43.7 Å². The average Bonchev–Trinajstić information content (AvgIpc) is 2.97. The molecule has 1 aromatic carbocycles. The number of rotatable bonds is 6. The Bertz CT molecular complexity index is 486. The Labute approximate surface area is 131 Å². The molecule has 0 aromatic heterocycles. The van der Waals surface area contributed by atoms with Gasteiger partial charge in [-0.3, -0.25) is 9.69 Å². The van der Waals surface area contributed by atoms with Crippen molar-refractivity contribution in [2.75, 3.05) is 31.5 Å². The highest BCUT2D eigenvalue weighted by Crippen LogP contribution is 2.23. The maximum atomic E-state index is 12.3. The Kier molecular flexibility index (Phi) is 6.03. The smallest absolute Gasteiger partial charge is 0.238 e. The van der Waals surface area contributed by atoms with Gasteiger partial charge in [-0.05, 0) is 50.6 Å². The molecule has 0 spiro atoms. The predicted octanol–water partition coefficient (Wildman–Crippen LogP) is 2.66. The van der Waals surface area contributed by atoms with E-state index in [1.54, 1.807) is 0 Å². The van der Waals surface area contributed by atoms with E-state index in [4.69, 9.17) is 11.6 Å². The van der Waals surface area contributed by atoms with Crippen molar-refractivity contribution in [2.45, 2.75) is 32.7 Å². The van der Waals surface area contributed by atoms with E-state index in [1.807, 2.05) is 25.1 Å². The number of carbonyl (C=O) groups excluding carboxylic acids is 1. The molecule has 1 fully saturated rings. The standard InChI is InChI=1S/C16H24ClN3O/c1-3-9-20(13-7-8-18-10-13)11-16(21)19-15-6-4-5-14(17)12(15)2/h4-6,13,18H,3,7-11H2,1-2H3,(H,19,21). The normalized spacial score (nSPS) is 18.2. The fraction of sp³-hybridized carbons (Fsp3) is 0.562. The van der Waals surface area contributed by atoms with Gasteiger partial charge in [-0.25, -0.2) is 0 Å². The molecule has 2 rings (SSSR count). The molecule has 5 heteroatoms. The fourth-order valence-electron chi connectivity index (χ4n) is 2.75. The Hall–Kier alpha value is -1.10. The molecule has 1 heterocycles. The van der Waals surface area contributed by atoms with Gasteiger partial charge in [-0.1, -0.05) is 24.6 Å². The number of nitrogens with one attached hydrogen (secondary N) is 2. The molecular formula is C16H24ClN3O. The summed E-state index contributed by atoms with van der Waals surface area (Å²) in [6, 6.07) is 6.05. The summed E-state index contributed by atoms with van der Waals surface area (Å²) in [4.78, 5) is 14.6. The molecule has 0 radical (unpaired) electrons. The number of halogens is 1. The third-order valence-electron chi connectivity index (χ3n) is 3.95. The number of hydrogen-bond donors (Lipinski definition) is 2. The maximum absolute atomic E-state index is 12.3. The van der Waals surface area contributed by atoms with Gasteiger partial charge in [-0.15, -0.1) is 0 Å². The van der Waals surface area contributed by atoms with Crippen LogP contribution in [0.5, 0.6) is 0 Å². The number of nitrogens with zero attached hydrogens (tertiary/aromatic N) is 1. The van der Waals surface area contributed by atoms with Crippen LogP contribution in [0.2, 0.25) is 5.02 Å². The first-order valence-electron chi connectivity index (χ1n) is 7.61. The molecule has 2 N–H and O–H groups in total. The number of amides is 1. The van der Waals surface area contributed by atoms with Crippen LogP contribution in [0.1, 0.15) is 25.3 Å². The SMILES string of the molecule is CCCN(CC(=O)Nc1cccc(Cl)c1C)C1CCNC1. The fourth-order valence-corrected chi connectivity index (χ4v) is 2.92. The van der Waals surface area contributed by atoms with Crippen molar-refractivity contribution in [3.05, 3.63) is 28.8 Å². The van der Waals surface area contributed by atoms with Crippen molar-refractivity contribution < 1.29 is 4.79 Å². The molecule has 1 atom stereocenters. The highest BCUT2D eigenvalue weighted by atomic mass is 35.5. The zero-order chi connectivity index (χ0) is 15.2. The highest BCUT2D eigenvalue weighted by molar-refractivity contribution is 6.31. The quantitative estimate of drug-likeness (QED) is 0.849. The topological polar surface area (TPSA) is 44.4 Å². The van der Waals surface area contributed by atoms with Crippen LogP contribution in [0.15, 0.2) is 18.2 Å². The van der Waals surface area contributed by atoms with Crippen molar-refractivity contribution in [3.8, 4) is 0 Å². The van der Waals surface area contributed by atoms with E-state index in [9.17, 15) is 4.79 Å². The van der Waals surface area contributed by atoms with Crippen molar-refractivity contribution in [3.63, 3.8) is 0 Å². The lowest BCUT2D eigenvalue weighted by atomic mass is 10.2. The molecule has 1 aromatic rings. The molecule has 0 saturated carbocycles. The summed E-state index contributed by atoms with van der Waals surface area (Å²) in [5.41, 5.74) is 1.71. The van der Waals surface area contributed by atoms with Crippen LogP contribution in [0.25, 0.3) is 0 Å². The second-order valence-corrected chi connectivity index (χ2v) is 5.98. The number of carbonyl (C=O) groups is 1. The molecule has 1 unspecified atom stereocenters. The molecule has 1 amide bonds. The summed E-state index contributed by atoms with van der Waals surface area (Å²) < 4.78 is 0. The van der Waals surface area contributed by atoms with E-state index in [2.05, 4.69) is 22.5 Å². The van der Waals surface area contributed by atoms with Crippen LogP contribution < -0.4 is 10.6 Å². The summed E-state index contributed by atoms with van der Waals surface area (Å²) >= 11 is 6.09. The summed E-state index contributed by atoms with van der Waals surface area (Å²) in [5, 5.41) is 7.02. The minimum atomic E-state index is 0.0284. The lowest BCUT2D eigenvalue weighted by Gasteiger charge is -2.27. The van der Waals surface area contributed by atoms with Gasteiger partial charge < -0.3 is 10.6 Å². The van der Waals surface area contributed by atoms with Gasteiger partial charge in [0.1, 0.15) is 0 Å². The third-order valence-corrected chi connectivity index (χ3v) is 4.36. The van der Waals surface area contributed by atoms with E-state index in [-0.39, 0.29) is 5.91 Å². The second kappa shape index (κ2) is 7.78. The first-order chi connectivity index (χ1) is 10.1. The third kappa shape index (κ3) is 4.43. The summed E-state index contributed by atoms with van der Waals surface area (Å²) in [7, 11) is 0. The van der Waals surface area contributed by atoms with Gasteiger partial charge in [-0.2, -0.15) is 0 Å². The molecule has 21 heavy (non-hydrogen) atoms. The molecule has 4 nitrogen and oxygen atoms in total. The summed E-state index contributed by atoms with van der Waals surface area (Å²) in [6.45, 7) is 7.47. The largest absolute Gasteiger partial charge is 0.325 e. The van der Waals surface area contributed by atoms with Gasteiger partial charge >= 0.3 is 0 Å². The van der Waals surface area contributed by atoms with E-state index in [0.29, 0.717) is 17.6 Å². The van der Waals surface area contributed by atoms with Crippen LogP contribution in [0.4, 0.5) is 5.69 Å². The average molecular weight is 310 g/mol. The van der Waals surface area contributed by atoms with Gasteiger partial charge in [0.15, 0.2) is 0 Å². The molecular weight excluding hydrogens is 286 g/mol. The number of hydrogen-bond acceptors (Lipinski definition) is 3. The minimum Gasteiger partial charge on any atom is -0.325 e. The Morgan fingerprint density at radius 3 is 3.00 bits per heavy atom. The molecule has 0 bridgehead atoms. The number of benzene rings is 1. The summed E-state index contributed by atoms with van der Waals surface area (Å²) in [5.74, 6) is 0.0284. The van der Waals surface area contributed by atoms with Gasteiger partial charge in [0, 0.05) is 23.3 Å². The molecule has 1 saturated heterocycles. The van der Waals surface area contributed by atoms with Gasteiger partial charge in [0.2, 0.25) is 5.91 Å². The van der Waals surface area contributed by atoms with E-state index < -0.39 is 0 Å². The predicted molar refractivity (Wildman–Crippen MR) is 88.0 cm³/mol. The molecule has 1 aliphatic rings. The van der Waals surface area contributed by atoms with E-state index in [1.165, 1.54) is 0 Å². The van der Waals surface area contributed by atoms with Gasteiger partial charge in [0.25, 0.3) is 0 Å². The van der Waals surface area contributed by atoms with Crippen molar-refractivity contribution in [1.82, 2.24) is 10.2 Å². The molecule has 0 aliphatic carbocycles. The van der Waals surface area contributed by atoms with Crippen LogP contribution in [0, 0.1) is 6.92 Å². The van der Waals surface area contributed by atoms with Crippen LogP contribution in [-0.2, 0) is 4.79 Å². The zero-order valence-corrected chi connectivity index (χ0v) is 13.5. The van der Waals surface area contributed by atoms with Crippen LogP contribution >= 0.6 is 11.6 Å². The second-order valence-electron chi connectivity index (χ2n) is 5.58. The summed E-state index contributed by atoms with van der Waals surface area (Å²) in [6.07, 6.45) is 2.17. The van der Waals surface area contributed by atoms with E-state index >= 15 is 0 Å². The lowest BCUT2D eigenvalue weighted by molar-refractivity contribution is -0.117. The minimum absolute atomic E-state index is 0.0284. The van der Waals surface area contributed by atoms with Crippen molar-refractivity contribution >= 4 is 23.2 Å². The van der Waals surface area contributed by atoms with Gasteiger partial charge in [0.05, 0.1) is 6.54 Å². The highest BCUT2D eigenvalue weighted by Gasteiger charge is 2.23. The van der Waals surface area contributed by atoms with Crippen LogP contribution in [0.3, 0.4) is 0 Å². The monoisotopic (exact) mass is 309 g/mol. The first kappa shape index (κ1) is 16.3. The molecule has 116 valence electrons. The zero-order valence-electron chi connectivity index (χ0n) is 12.8. The Balaban J connectivity index is 1.96.